The average Bonchev–Trinajstić information content (AvgIpc) is 2.17. The summed E-state index contributed by atoms with van der Waals surface area (Å²) in [7, 11) is 0. The van der Waals surface area contributed by atoms with Crippen molar-refractivity contribution >= 4 is 5.97 Å². The van der Waals surface area contributed by atoms with E-state index in [9.17, 15) is 9.90 Å². The molecule has 0 aromatic carbocycles. The van der Waals surface area contributed by atoms with E-state index in [-0.39, 0.29) is 6.54 Å². The summed E-state index contributed by atoms with van der Waals surface area (Å²) in [5, 5.41) is 18.6. The molecule has 4 nitrogen and oxygen atoms in total. The number of aliphatic hydroxyl groups is 1. The maximum atomic E-state index is 10.9. The molecule has 1 unspecified atom stereocenters. The smallest absolute Gasteiger partial charge is 0.333 e. The molecule has 1 rings (SSSR count). The molecular weight excluding hydrogens is 194 g/mol. The third-order valence-electron chi connectivity index (χ3n) is 3.57. The van der Waals surface area contributed by atoms with Gasteiger partial charge < -0.3 is 15.9 Å². The van der Waals surface area contributed by atoms with Gasteiger partial charge in [0.15, 0.2) is 6.10 Å². The molecule has 15 heavy (non-hydrogen) atoms. The molecule has 0 amide bonds. The van der Waals surface area contributed by atoms with Crippen LogP contribution in [0.2, 0.25) is 0 Å². The Kier molecular flexibility index (Phi) is 4.54. The highest BCUT2D eigenvalue weighted by Gasteiger charge is 2.40. The topological polar surface area (TPSA) is 83.5 Å². The Labute approximate surface area is 90.5 Å². The first kappa shape index (κ1) is 12.5. The average molecular weight is 215 g/mol. The van der Waals surface area contributed by atoms with E-state index < -0.39 is 17.5 Å². The molecule has 0 heterocycles. The maximum absolute atomic E-state index is 10.9. The van der Waals surface area contributed by atoms with Gasteiger partial charge >= 0.3 is 5.97 Å². The fraction of sp³-hybridized carbons (Fsp3) is 0.909. The summed E-state index contributed by atoms with van der Waals surface area (Å²) < 4.78 is 0. The van der Waals surface area contributed by atoms with Crippen LogP contribution < -0.4 is 5.73 Å². The summed E-state index contributed by atoms with van der Waals surface area (Å²) in [6, 6.07) is 0. The van der Waals surface area contributed by atoms with Crippen molar-refractivity contribution in [3.8, 4) is 0 Å². The van der Waals surface area contributed by atoms with Gasteiger partial charge in [-0.2, -0.15) is 0 Å². The van der Waals surface area contributed by atoms with Gasteiger partial charge in [0.05, 0.1) is 0 Å². The van der Waals surface area contributed by atoms with E-state index in [0.29, 0.717) is 0 Å². The molecule has 1 atom stereocenters. The Morgan fingerprint density at radius 1 is 1.20 bits per heavy atom. The van der Waals surface area contributed by atoms with E-state index in [1.807, 2.05) is 0 Å². The minimum absolute atomic E-state index is 0.264. The van der Waals surface area contributed by atoms with Crippen LogP contribution >= 0.6 is 0 Å². The molecule has 0 radical (unpaired) electrons. The lowest BCUT2D eigenvalue weighted by Crippen LogP contribution is -2.46. The summed E-state index contributed by atoms with van der Waals surface area (Å²) in [6.45, 7) is 0.264. The molecule has 1 saturated carbocycles. The van der Waals surface area contributed by atoms with E-state index in [4.69, 9.17) is 10.8 Å². The molecule has 0 bridgehead atoms. The Hall–Kier alpha value is -0.610. The quantitative estimate of drug-likeness (QED) is 0.658. The number of rotatable bonds is 3. The number of nitrogens with two attached hydrogens (primary N) is 1. The van der Waals surface area contributed by atoms with Crippen LogP contribution in [-0.4, -0.2) is 28.8 Å². The van der Waals surface area contributed by atoms with Crippen molar-refractivity contribution < 1.29 is 15.0 Å². The monoisotopic (exact) mass is 215 g/mol. The van der Waals surface area contributed by atoms with Gasteiger partial charge in [-0.3, -0.25) is 0 Å². The van der Waals surface area contributed by atoms with Crippen molar-refractivity contribution in [2.45, 2.75) is 51.0 Å². The third kappa shape index (κ3) is 2.92. The number of carboxylic acid groups (broad SMARTS) is 1. The van der Waals surface area contributed by atoms with E-state index >= 15 is 0 Å². The number of hydrogen-bond donors (Lipinski definition) is 3. The summed E-state index contributed by atoms with van der Waals surface area (Å²) in [6.07, 6.45) is 5.56. The first-order valence-electron chi connectivity index (χ1n) is 5.73. The first-order chi connectivity index (χ1) is 7.12. The molecule has 0 saturated heterocycles. The molecule has 0 spiro atoms. The van der Waals surface area contributed by atoms with Crippen molar-refractivity contribution in [1.29, 1.82) is 0 Å². The molecule has 1 aliphatic rings. The number of carbonyl (C=O) groups is 1. The lowest BCUT2D eigenvalue weighted by atomic mass is 9.72. The summed E-state index contributed by atoms with van der Waals surface area (Å²) in [5.41, 5.74) is 5.08. The molecule has 0 aromatic heterocycles. The van der Waals surface area contributed by atoms with Crippen LogP contribution in [0.3, 0.4) is 0 Å². The van der Waals surface area contributed by atoms with Crippen LogP contribution in [-0.2, 0) is 4.79 Å². The fourth-order valence-electron chi connectivity index (χ4n) is 2.46. The number of aliphatic carboxylic acids is 1. The second kappa shape index (κ2) is 5.47. The highest BCUT2D eigenvalue weighted by atomic mass is 16.4. The second-order valence-corrected chi connectivity index (χ2v) is 4.58. The zero-order valence-electron chi connectivity index (χ0n) is 9.11. The van der Waals surface area contributed by atoms with Crippen LogP contribution in [0.5, 0.6) is 0 Å². The van der Waals surface area contributed by atoms with E-state index in [1.165, 1.54) is 6.42 Å². The van der Waals surface area contributed by atoms with Gasteiger partial charge in [0.2, 0.25) is 0 Å². The fourth-order valence-corrected chi connectivity index (χ4v) is 2.46. The van der Waals surface area contributed by atoms with Crippen LogP contribution in [0.4, 0.5) is 0 Å². The van der Waals surface area contributed by atoms with E-state index in [2.05, 4.69) is 0 Å². The van der Waals surface area contributed by atoms with E-state index in [1.54, 1.807) is 0 Å². The highest BCUT2D eigenvalue weighted by molar-refractivity contribution is 5.73. The molecule has 1 fully saturated rings. The minimum atomic E-state index is -1.31. The molecular formula is C11H21NO3. The zero-order chi connectivity index (χ0) is 11.3. The van der Waals surface area contributed by atoms with Crippen LogP contribution in [0.1, 0.15) is 44.9 Å². The molecule has 4 N–H and O–H groups in total. The first-order valence-corrected chi connectivity index (χ1v) is 5.73. The van der Waals surface area contributed by atoms with Crippen LogP contribution in [0, 0.1) is 5.41 Å². The molecule has 4 heteroatoms. The van der Waals surface area contributed by atoms with Gasteiger partial charge in [0.1, 0.15) is 0 Å². The highest BCUT2D eigenvalue weighted by Crippen LogP contribution is 2.36. The van der Waals surface area contributed by atoms with E-state index in [0.717, 1.165) is 38.5 Å². The van der Waals surface area contributed by atoms with Gasteiger partial charge in [0, 0.05) is 12.0 Å². The van der Waals surface area contributed by atoms with Crippen LogP contribution in [0.25, 0.3) is 0 Å². The number of aliphatic hydroxyl groups excluding tert-OH is 1. The predicted molar refractivity (Wildman–Crippen MR) is 57.4 cm³/mol. The predicted octanol–water partition coefficient (Wildman–Crippen LogP) is 1.12. The Morgan fingerprint density at radius 3 is 2.07 bits per heavy atom. The van der Waals surface area contributed by atoms with Gasteiger partial charge in [-0.1, -0.05) is 32.1 Å². The van der Waals surface area contributed by atoms with Crippen LogP contribution in [0.15, 0.2) is 0 Å². The molecule has 0 aliphatic heterocycles. The van der Waals surface area contributed by atoms with Gasteiger partial charge in [0.25, 0.3) is 0 Å². The van der Waals surface area contributed by atoms with Crippen molar-refractivity contribution in [2.24, 2.45) is 11.1 Å². The lowest BCUT2D eigenvalue weighted by Gasteiger charge is -2.36. The maximum Gasteiger partial charge on any atom is 0.333 e. The molecule has 1 aliphatic carbocycles. The summed E-state index contributed by atoms with van der Waals surface area (Å²) in [4.78, 5) is 10.9. The van der Waals surface area contributed by atoms with Crippen molar-refractivity contribution in [1.82, 2.24) is 0 Å². The lowest BCUT2D eigenvalue weighted by molar-refractivity contribution is -0.155. The molecule has 88 valence electrons. The van der Waals surface area contributed by atoms with Crippen molar-refractivity contribution in [3.05, 3.63) is 0 Å². The SMILES string of the molecule is NCC1(C(O)C(=O)O)CCCCCCC1. The Morgan fingerprint density at radius 2 is 1.67 bits per heavy atom. The zero-order valence-corrected chi connectivity index (χ0v) is 9.11. The van der Waals surface area contributed by atoms with Gasteiger partial charge in [-0.05, 0) is 12.8 Å². The number of carboxylic acids is 1. The number of hydrogen-bond acceptors (Lipinski definition) is 3. The third-order valence-corrected chi connectivity index (χ3v) is 3.57. The van der Waals surface area contributed by atoms with Crippen molar-refractivity contribution in [3.63, 3.8) is 0 Å². The summed E-state index contributed by atoms with van der Waals surface area (Å²) >= 11 is 0. The second-order valence-electron chi connectivity index (χ2n) is 4.58. The standard InChI is InChI=1S/C11H21NO3/c12-8-11(9(13)10(14)15)6-4-2-1-3-5-7-11/h9,13H,1-8,12H2,(H,14,15). The summed E-state index contributed by atoms with van der Waals surface area (Å²) in [5.74, 6) is -1.14. The van der Waals surface area contributed by atoms with Crippen molar-refractivity contribution in [2.75, 3.05) is 6.54 Å². The molecule has 0 aromatic rings. The Balaban J connectivity index is 2.74. The Bertz CT molecular complexity index is 210. The van der Waals surface area contributed by atoms with Gasteiger partial charge in [-0.15, -0.1) is 0 Å². The normalized spacial score (nSPS) is 23.9. The largest absolute Gasteiger partial charge is 0.479 e. The van der Waals surface area contributed by atoms with Gasteiger partial charge in [-0.25, -0.2) is 4.79 Å². The minimum Gasteiger partial charge on any atom is -0.479 e.